The highest BCUT2D eigenvalue weighted by Crippen LogP contribution is 2.46. The van der Waals surface area contributed by atoms with E-state index in [0.717, 1.165) is 57.1 Å². The van der Waals surface area contributed by atoms with Crippen LogP contribution < -0.4 is 0 Å². The van der Waals surface area contributed by atoms with Gasteiger partial charge in [-0.25, -0.2) is 9.59 Å². The molecule has 2 bridgehead atoms. The molecule has 6 nitrogen and oxygen atoms in total. The minimum atomic E-state index is -0.390. The Hall–Kier alpha value is -2.24. The van der Waals surface area contributed by atoms with E-state index in [-0.39, 0.29) is 29.9 Å². The molecule has 3 saturated heterocycles. The fourth-order valence-corrected chi connectivity index (χ4v) is 5.42. The molecule has 1 unspecified atom stereocenters. The van der Waals surface area contributed by atoms with E-state index in [2.05, 4.69) is 0 Å². The molecule has 0 radical (unpaired) electrons. The molecular formula is C22H28N2O4. The van der Waals surface area contributed by atoms with Crippen molar-refractivity contribution in [2.45, 2.75) is 81.7 Å². The van der Waals surface area contributed by atoms with E-state index < -0.39 is 0 Å². The van der Waals surface area contributed by atoms with Gasteiger partial charge in [0.1, 0.15) is 12.2 Å². The largest absolute Gasteiger partial charge is 0.445 e. The van der Waals surface area contributed by atoms with Gasteiger partial charge in [0.15, 0.2) is 0 Å². The number of benzene rings is 1. The first-order valence-electron chi connectivity index (χ1n) is 10.6. The monoisotopic (exact) mass is 384 g/mol. The molecule has 1 saturated carbocycles. The number of carbonyl (C=O) groups excluding carboxylic acids is 2. The summed E-state index contributed by atoms with van der Waals surface area (Å²) < 4.78 is 11.6. The van der Waals surface area contributed by atoms with Gasteiger partial charge in [0.2, 0.25) is 0 Å². The van der Waals surface area contributed by atoms with Crippen LogP contribution in [0.4, 0.5) is 9.59 Å². The smallest absolute Gasteiger partial charge is 0.410 e. The highest BCUT2D eigenvalue weighted by molar-refractivity contribution is 5.71. The second kappa shape index (κ2) is 6.98. The molecule has 0 aromatic heterocycles. The molecule has 1 spiro atoms. The number of nitrogens with zero attached hydrogens (tertiary/aromatic N) is 2. The normalized spacial score (nSPS) is 32.2. The lowest BCUT2D eigenvalue weighted by molar-refractivity contribution is -0.105. The van der Waals surface area contributed by atoms with Crippen molar-refractivity contribution in [3.63, 3.8) is 0 Å². The predicted octanol–water partition coefficient (Wildman–Crippen LogP) is 4.08. The van der Waals surface area contributed by atoms with Crippen molar-refractivity contribution in [1.29, 1.82) is 0 Å². The standard InChI is InChI=1S/C22H28N2O4/c25-20-23(17-7-4-8-17)12-11-22(28-20)13-18-9-10-19(14-22)24(18)21(26)27-15-16-5-2-1-3-6-16/h1-3,5-6,17-19H,4,7-15H2/t18-,19+,22?. The van der Waals surface area contributed by atoms with Gasteiger partial charge in [-0.2, -0.15) is 0 Å². The Kier molecular flexibility index (Phi) is 4.44. The van der Waals surface area contributed by atoms with Crippen molar-refractivity contribution >= 4 is 12.2 Å². The van der Waals surface area contributed by atoms with Gasteiger partial charge >= 0.3 is 12.2 Å². The highest BCUT2D eigenvalue weighted by Gasteiger charge is 2.54. The Morgan fingerprint density at radius 2 is 1.79 bits per heavy atom. The predicted molar refractivity (Wildman–Crippen MR) is 103 cm³/mol. The molecule has 2 amide bonds. The van der Waals surface area contributed by atoms with Crippen molar-refractivity contribution < 1.29 is 19.1 Å². The molecule has 3 aliphatic heterocycles. The van der Waals surface area contributed by atoms with E-state index in [1.807, 2.05) is 40.1 Å². The van der Waals surface area contributed by atoms with Gasteiger partial charge in [-0.3, -0.25) is 0 Å². The maximum absolute atomic E-state index is 12.7. The fourth-order valence-electron chi connectivity index (χ4n) is 5.42. The molecule has 28 heavy (non-hydrogen) atoms. The lowest BCUT2D eigenvalue weighted by Crippen LogP contribution is -2.60. The molecule has 5 rings (SSSR count). The summed E-state index contributed by atoms with van der Waals surface area (Å²) in [6, 6.07) is 10.4. The van der Waals surface area contributed by atoms with Gasteiger partial charge in [-0.15, -0.1) is 0 Å². The van der Waals surface area contributed by atoms with Crippen LogP contribution in [-0.2, 0) is 16.1 Å². The van der Waals surface area contributed by atoms with Crippen LogP contribution in [0.1, 0.15) is 56.9 Å². The van der Waals surface area contributed by atoms with Gasteiger partial charge in [0.05, 0.1) is 0 Å². The van der Waals surface area contributed by atoms with Crippen molar-refractivity contribution in [2.75, 3.05) is 6.54 Å². The van der Waals surface area contributed by atoms with E-state index >= 15 is 0 Å². The average molecular weight is 384 g/mol. The Morgan fingerprint density at radius 3 is 2.39 bits per heavy atom. The molecule has 6 heteroatoms. The number of hydrogen-bond acceptors (Lipinski definition) is 4. The number of amides is 2. The number of rotatable bonds is 3. The van der Waals surface area contributed by atoms with E-state index in [9.17, 15) is 9.59 Å². The summed E-state index contributed by atoms with van der Waals surface area (Å²) in [6.07, 6.45) is 7.36. The van der Waals surface area contributed by atoms with Crippen molar-refractivity contribution in [2.24, 2.45) is 0 Å². The topological polar surface area (TPSA) is 59.1 Å². The summed E-state index contributed by atoms with van der Waals surface area (Å²) in [4.78, 5) is 29.2. The second-order valence-electron chi connectivity index (χ2n) is 8.82. The quantitative estimate of drug-likeness (QED) is 0.788. The lowest BCUT2D eigenvalue weighted by atomic mass is 9.81. The molecular weight excluding hydrogens is 356 g/mol. The second-order valence-corrected chi connectivity index (χ2v) is 8.82. The summed E-state index contributed by atoms with van der Waals surface area (Å²) >= 11 is 0. The zero-order chi connectivity index (χ0) is 19.1. The Bertz CT molecular complexity index is 734. The molecule has 150 valence electrons. The van der Waals surface area contributed by atoms with Crippen LogP contribution in [0.5, 0.6) is 0 Å². The maximum atomic E-state index is 12.7. The average Bonchev–Trinajstić information content (AvgIpc) is 2.94. The Balaban J connectivity index is 1.21. The van der Waals surface area contributed by atoms with Crippen molar-refractivity contribution in [3.8, 4) is 0 Å². The van der Waals surface area contributed by atoms with E-state index in [4.69, 9.17) is 9.47 Å². The van der Waals surface area contributed by atoms with Gasteiger partial charge in [-0.1, -0.05) is 30.3 Å². The SMILES string of the molecule is O=C1OC2(CCN1C1CCC1)C[C@H]1CC[C@@H](C2)N1C(=O)OCc1ccccc1. The third kappa shape index (κ3) is 3.12. The van der Waals surface area contributed by atoms with E-state index in [0.29, 0.717) is 12.6 Å². The minimum absolute atomic E-state index is 0.116. The van der Waals surface area contributed by atoms with Crippen molar-refractivity contribution in [3.05, 3.63) is 35.9 Å². The third-order valence-electron chi connectivity index (χ3n) is 7.11. The molecule has 1 aromatic carbocycles. The first kappa shape index (κ1) is 17.8. The van der Waals surface area contributed by atoms with Crippen LogP contribution >= 0.6 is 0 Å². The van der Waals surface area contributed by atoms with Gasteiger partial charge in [-0.05, 0) is 37.7 Å². The molecule has 4 fully saturated rings. The van der Waals surface area contributed by atoms with E-state index in [1.165, 1.54) is 6.42 Å². The first-order chi connectivity index (χ1) is 13.6. The fraction of sp³-hybridized carbons (Fsp3) is 0.636. The van der Waals surface area contributed by atoms with Gasteiger partial charge in [0.25, 0.3) is 0 Å². The lowest BCUT2D eigenvalue weighted by Gasteiger charge is -2.50. The third-order valence-corrected chi connectivity index (χ3v) is 7.11. The van der Waals surface area contributed by atoms with Crippen LogP contribution in [0, 0.1) is 0 Å². The summed E-state index contributed by atoms with van der Waals surface area (Å²) in [5, 5.41) is 0. The van der Waals surface area contributed by atoms with Crippen LogP contribution in [0.2, 0.25) is 0 Å². The van der Waals surface area contributed by atoms with Crippen LogP contribution in [0.15, 0.2) is 30.3 Å². The zero-order valence-electron chi connectivity index (χ0n) is 16.2. The molecule has 0 N–H and O–H groups in total. The summed E-state index contributed by atoms with van der Waals surface area (Å²) in [7, 11) is 0. The summed E-state index contributed by atoms with van der Waals surface area (Å²) in [6.45, 7) is 1.09. The van der Waals surface area contributed by atoms with Crippen LogP contribution in [0.25, 0.3) is 0 Å². The molecule has 1 aliphatic carbocycles. The number of piperidine rings is 1. The number of carbonyl (C=O) groups is 2. The maximum Gasteiger partial charge on any atom is 0.410 e. The first-order valence-corrected chi connectivity index (χ1v) is 10.6. The Morgan fingerprint density at radius 1 is 1.07 bits per heavy atom. The number of ether oxygens (including phenoxy) is 2. The van der Waals surface area contributed by atoms with Crippen molar-refractivity contribution in [1.82, 2.24) is 9.80 Å². The summed E-state index contributed by atoms with van der Waals surface area (Å²) in [5.74, 6) is 0. The van der Waals surface area contributed by atoms with Gasteiger partial charge < -0.3 is 19.3 Å². The molecule has 3 atom stereocenters. The minimum Gasteiger partial charge on any atom is -0.445 e. The summed E-state index contributed by atoms with van der Waals surface area (Å²) in [5.41, 5.74) is 0.605. The Labute approximate surface area is 165 Å². The molecule has 4 aliphatic rings. The van der Waals surface area contributed by atoms with Gasteiger partial charge in [0, 0.05) is 43.9 Å². The number of hydrogen-bond donors (Lipinski definition) is 0. The van der Waals surface area contributed by atoms with E-state index in [1.54, 1.807) is 0 Å². The highest BCUT2D eigenvalue weighted by atomic mass is 16.6. The molecule has 1 aromatic rings. The van der Waals surface area contributed by atoms with Crippen LogP contribution in [-0.4, -0.2) is 52.3 Å². The zero-order valence-corrected chi connectivity index (χ0v) is 16.2. The van der Waals surface area contributed by atoms with Crippen LogP contribution in [0.3, 0.4) is 0 Å². The number of fused-ring (bicyclic) bond motifs is 2. The molecule has 3 heterocycles.